The van der Waals surface area contributed by atoms with Gasteiger partial charge in [0, 0.05) is 22.2 Å². The lowest BCUT2D eigenvalue weighted by Crippen LogP contribution is -1.90. The number of aliphatic hydroxyl groups is 1. The number of nitrogens with zero attached hydrogens (tertiary/aromatic N) is 1. The van der Waals surface area contributed by atoms with Gasteiger partial charge in [0.25, 0.3) is 0 Å². The van der Waals surface area contributed by atoms with Crippen molar-refractivity contribution in [1.29, 1.82) is 0 Å². The Morgan fingerprint density at radius 2 is 2.24 bits per heavy atom. The molecule has 0 aliphatic heterocycles. The third-order valence-corrected chi connectivity index (χ3v) is 3.64. The Balaban J connectivity index is 2.32. The van der Waals surface area contributed by atoms with Gasteiger partial charge in [0.2, 0.25) is 0 Å². The van der Waals surface area contributed by atoms with E-state index in [4.69, 9.17) is 21.2 Å². The largest absolute Gasteiger partial charge is 0.396 e. The maximum absolute atomic E-state index is 8.83. The normalized spacial score (nSPS) is 10.8. The second-order valence-electron chi connectivity index (χ2n) is 3.64. The van der Waals surface area contributed by atoms with E-state index in [2.05, 4.69) is 21.1 Å². The van der Waals surface area contributed by atoms with E-state index in [-0.39, 0.29) is 6.61 Å². The SMILES string of the molecule is OCCCc1cnoc1-c1ccc(Cl)c(Br)c1. The summed E-state index contributed by atoms with van der Waals surface area (Å²) in [6.45, 7) is 0.162. The first kappa shape index (κ1) is 12.6. The van der Waals surface area contributed by atoms with Gasteiger partial charge in [-0.25, -0.2) is 0 Å². The highest BCUT2D eigenvalue weighted by atomic mass is 79.9. The Kier molecular flexibility index (Phi) is 4.20. The molecule has 1 aromatic carbocycles. The van der Waals surface area contributed by atoms with E-state index in [1.54, 1.807) is 12.3 Å². The van der Waals surface area contributed by atoms with Crippen LogP contribution in [-0.2, 0) is 6.42 Å². The molecule has 1 heterocycles. The fourth-order valence-corrected chi connectivity index (χ4v) is 2.08. The molecule has 0 aliphatic carbocycles. The van der Waals surface area contributed by atoms with Crippen molar-refractivity contribution in [3.8, 4) is 11.3 Å². The number of hydrogen-bond donors (Lipinski definition) is 1. The smallest absolute Gasteiger partial charge is 0.170 e. The number of halogens is 2. The number of hydrogen-bond acceptors (Lipinski definition) is 3. The van der Waals surface area contributed by atoms with E-state index < -0.39 is 0 Å². The topological polar surface area (TPSA) is 46.3 Å². The lowest BCUT2D eigenvalue weighted by Gasteiger charge is -2.02. The van der Waals surface area contributed by atoms with Gasteiger partial charge in [0.05, 0.1) is 11.2 Å². The van der Waals surface area contributed by atoms with Crippen molar-refractivity contribution in [1.82, 2.24) is 5.16 Å². The first-order chi connectivity index (χ1) is 8.22. The third-order valence-electron chi connectivity index (χ3n) is 2.43. The van der Waals surface area contributed by atoms with Crippen molar-refractivity contribution in [2.45, 2.75) is 12.8 Å². The van der Waals surface area contributed by atoms with Crippen LogP contribution in [0, 0.1) is 0 Å². The summed E-state index contributed by atoms with van der Waals surface area (Å²) < 4.78 is 6.07. The summed E-state index contributed by atoms with van der Waals surface area (Å²) >= 11 is 9.31. The molecule has 0 fully saturated rings. The molecule has 90 valence electrons. The van der Waals surface area contributed by atoms with E-state index in [0.717, 1.165) is 27.8 Å². The highest BCUT2D eigenvalue weighted by Crippen LogP contribution is 2.30. The van der Waals surface area contributed by atoms with Crippen LogP contribution in [0.25, 0.3) is 11.3 Å². The molecule has 3 nitrogen and oxygen atoms in total. The zero-order valence-corrected chi connectivity index (χ0v) is 11.3. The van der Waals surface area contributed by atoms with Crippen molar-refractivity contribution in [2.24, 2.45) is 0 Å². The van der Waals surface area contributed by atoms with Crippen LogP contribution in [0.3, 0.4) is 0 Å². The van der Waals surface area contributed by atoms with Gasteiger partial charge >= 0.3 is 0 Å². The molecule has 0 spiro atoms. The van der Waals surface area contributed by atoms with Crippen LogP contribution < -0.4 is 0 Å². The van der Waals surface area contributed by atoms with Crippen LogP contribution >= 0.6 is 27.5 Å². The molecule has 5 heteroatoms. The molecule has 0 saturated heterocycles. The van der Waals surface area contributed by atoms with Crippen LogP contribution in [0.15, 0.2) is 33.4 Å². The van der Waals surface area contributed by atoms with Gasteiger partial charge in [-0.05, 0) is 47.0 Å². The van der Waals surface area contributed by atoms with Crippen LogP contribution in [0.4, 0.5) is 0 Å². The molecule has 0 radical (unpaired) electrons. The van der Waals surface area contributed by atoms with Crippen molar-refractivity contribution >= 4 is 27.5 Å². The Hall–Kier alpha value is -0.840. The summed E-state index contributed by atoms with van der Waals surface area (Å²) in [4.78, 5) is 0. The van der Waals surface area contributed by atoms with Crippen molar-refractivity contribution in [3.63, 3.8) is 0 Å². The summed E-state index contributed by atoms with van der Waals surface area (Å²) in [6, 6.07) is 5.58. The number of aryl methyl sites for hydroxylation is 1. The van der Waals surface area contributed by atoms with E-state index in [0.29, 0.717) is 11.4 Å². The lowest BCUT2D eigenvalue weighted by molar-refractivity contribution is 0.288. The molecule has 2 rings (SSSR count). The summed E-state index contributed by atoms with van der Waals surface area (Å²) in [7, 11) is 0. The predicted octanol–water partition coefficient (Wildman–Crippen LogP) is 3.68. The first-order valence-electron chi connectivity index (χ1n) is 5.22. The Morgan fingerprint density at radius 1 is 1.41 bits per heavy atom. The minimum absolute atomic E-state index is 0.162. The van der Waals surface area contributed by atoms with Crippen molar-refractivity contribution < 1.29 is 9.63 Å². The van der Waals surface area contributed by atoms with Gasteiger partial charge in [0.15, 0.2) is 5.76 Å². The lowest BCUT2D eigenvalue weighted by atomic mass is 10.1. The summed E-state index contributed by atoms with van der Waals surface area (Å²) in [6.07, 6.45) is 3.13. The average Bonchev–Trinajstić information content (AvgIpc) is 2.78. The average molecular weight is 317 g/mol. The minimum Gasteiger partial charge on any atom is -0.396 e. The molecule has 0 amide bonds. The molecule has 0 bridgehead atoms. The van der Waals surface area contributed by atoms with Crippen molar-refractivity contribution in [2.75, 3.05) is 6.61 Å². The molecular weight excluding hydrogens is 305 g/mol. The second-order valence-corrected chi connectivity index (χ2v) is 4.90. The fourth-order valence-electron chi connectivity index (χ4n) is 1.58. The number of benzene rings is 1. The Labute approximate surface area is 113 Å². The maximum atomic E-state index is 8.83. The van der Waals surface area contributed by atoms with Gasteiger partial charge in [-0.3, -0.25) is 0 Å². The quantitative estimate of drug-likeness (QED) is 0.936. The van der Waals surface area contributed by atoms with E-state index in [1.807, 2.05) is 12.1 Å². The molecule has 2 aromatic rings. The number of rotatable bonds is 4. The highest BCUT2D eigenvalue weighted by molar-refractivity contribution is 9.10. The van der Waals surface area contributed by atoms with Crippen LogP contribution in [0.1, 0.15) is 12.0 Å². The Morgan fingerprint density at radius 3 is 2.94 bits per heavy atom. The minimum atomic E-state index is 0.162. The van der Waals surface area contributed by atoms with Crippen LogP contribution in [0.5, 0.6) is 0 Å². The molecule has 1 aromatic heterocycles. The zero-order valence-electron chi connectivity index (χ0n) is 8.99. The number of aliphatic hydroxyl groups excluding tert-OH is 1. The standard InChI is InChI=1S/C12H11BrClNO2/c13-10-6-8(3-4-11(10)14)12-9(2-1-5-16)7-15-17-12/h3-4,6-7,16H,1-2,5H2. The molecule has 0 atom stereocenters. The van der Waals surface area contributed by atoms with E-state index in [1.165, 1.54) is 0 Å². The molecular formula is C12H11BrClNO2. The number of aromatic nitrogens is 1. The van der Waals surface area contributed by atoms with Crippen molar-refractivity contribution in [3.05, 3.63) is 39.5 Å². The molecule has 1 N–H and O–H groups in total. The van der Waals surface area contributed by atoms with Crippen LogP contribution in [-0.4, -0.2) is 16.9 Å². The molecule has 17 heavy (non-hydrogen) atoms. The first-order valence-corrected chi connectivity index (χ1v) is 6.39. The van der Waals surface area contributed by atoms with Gasteiger partial charge in [-0.15, -0.1) is 0 Å². The molecule has 0 aliphatic rings. The third kappa shape index (κ3) is 2.89. The van der Waals surface area contributed by atoms with E-state index >= 15 is 0 Å². The van der Waals surface area contributed by atoms with Crippen LogP contribution in [0.2, 0.25) is 5.02 Å². The summed E-state index contributed by atoms with van der Waals surface area (Å²) in [5.74, 6) is 0.732. The van der Waals surface area contributed by atoms with Gasteiger partial charge in [-0.2, -0.15) is 0 Å². The molecule has 0 unspecified atom stereocenters. The Bertz CT molecular complexity index is 513. The summed E-state index contributed by atoms with van der Waals surface area (Å²) in [5.41, 5.74) is 1.92. The van der Waals surface area contributed by atoms with Gasteiger partial charge < -0.3 is 9.63 Å². The summed E-state index contributed by atoms with van der Waals surface area (Å²) in [5, 5.41) is 13.3. The predicted molar refractivity (Wildman–Crippen MR) is 70.1 cm³/mol. The van der Waals surface area contributed by atoms with Gasteiger partial charge in [-0.1, -0.05) is 16.8 Å². The highest BCUT2D eigenvalue weighted by Gasteiger charge is 2.11. The monoisotopic (exact) mass is 315 g/mol. The fraction of sp³-hybridized carbons (Fsp3) is 0.250. The zero-order chi connectivity index (χ0) is 12.3. The van der Waals surface area contributed by atoms with Gasteiger partial charge in [0.1, 0.15) is 0 Å². The molecule has 0 saturated carbocycles. The maximum Gasteiger partial charge on any atom is 0.170 e. The second kappa shape index (κ2) is 5.67. The van der Waals surface area contributed by atoms with E-state index in [9.17, 15) is 0 Å².